The number of hydrogen-bond acceptors (Lipinski definition) is 6. The molecule has 0 spiro atoms. The van der Waals surface area contributed by atoms with Gasteiger partial charge in [-0.15, -0.1) is 11.3 Å². The van der Waals surface area contributed by atoms with Gasteiger partial charge in [-0.1, -0.05) is 43.7 Å². The van der Waals surface area contributed by atoms with Gasteiger partial charge in [-0.25, -0.2) is 9.59 Å². The van der Waals surface area contributed by atoms with Crippen LogP contribution in [0.3, 0.4) is 0 Å². The number of esters is 2. The number of nitrogens with one attached hydrogen (secondary N) is 2. The number of aryl methyl sites for hydroxylation is 1. The maximum Gasteiger partial charge on any atom is 0.341 e. The molecule has 0 atom stereocenters. The number of carbonyl (C=O) groups is 2. The molecule has 0 bridgehead atoms. The highest BCUT2D eigenvalue weighted by atomic mass is 32.1. The Morgan fingerprint density at radius 3 is 2.29 bits per heavy atom. The van der Waals surface area contributed by atoms with Crippen LogP contribution in [0, 0.1) is 6.92 Å². The number of ether oxygens (including phenoxy) is 2. The summed E-state index contributed by atoms with van der Waals surface area (Å²) in [4.78, 5) is 25.9. The van der Waals surface area contributed by atoms with Crippen LogP contribution in [0.5, 0.6) is 0 Å². The molecule has 3 aromatic rings. The molecule has 178 valence electrons. The van der Waals surface area contributed by atoms with Gasteiger partial charge in [0.2, 0.25) is 0 Å². The molecule has 0 aliphatic rings. The van der Waals surface area contributed by atoms with Crippen LogP contribution in [-0.4, -0.2) is 30.3 Å². The van der Waals surface area contributed by atoms with Crippen LogP contribution in [0.2, 0.25) is 0 Å². The molecule has 0 saturated heterocycles. The maximum absolute atomic E-state index is 12.8. The van der Waals surface area contributed by atoms with Crippen LogP contribution in [-0.2, 0) is 9.47 Å². The number of thiophene rings is 1. The van der Waals surface area contributed by atoms with E-state index in [1.165, 1.54) is 11.3 Å². The fourth-order valence-corrected chi connectivity index (χ4v) is 4.68. The first-order valence-corrected chi connectivity index (χ1v) is 12.4. The lowest BCUT2D eigenvalue weighted by molar-refractivity contribution is 0.0497. The average molecular weight is 497 g/mol. The largest absolute Gasteiger partial charge is 0.462 e. The third-order valence-electron chi connectivity index (χ3n) is 4.96. The molecular weight excluding hydrogens is 468 g/mol. The normalized spacial score (nSPS) is 10.4. The summed E-state index contributed by atoms with van der Waals surface area (Å²) >= 11 is 6.94. The van der Waals surface area contributed by atoms with E-state index < -0.39 is 5.97 Å². The maximum atomic E-state index is 12.8. The SMILES string of the molecule is CCCCOC(=O)c1ccc(NC(=S)Nc2sc(C)c(-c3ccccc3)c2C(=O)OCC)cc1. The molecule has 0 radical (unpaired) electrons. The minimum atomic E-state index is -0.401. The summed E-state index contributed by atoms with van der Waals surface area (Å²) in [5.74, 6) is -0.746. The summed E-state index contributed by atoms with van der Waals surface area (Å²) in [5.41, 5.74) is 3.42. The predicted molar refractivity (Wildman–Crippen MR) is 142 cm³/mol. The van der Waals surface area contributed by atoms with Gasteiger partial charge in [0.05, 0.1) is 18.8 Å². The van der Waals surface area contributed by atoms with E-state index in [4.69, 9.17) is 21.7 Å². The van der Waals surface area contributed by atoms with Crippen molar-refractivity contribution >= 4 is 51.3 Å². The van der Waals surface area contributed by atoms with Gasteiger partial charge < -0.3 is 20.1 Å². The van der Waals surface area contributed by atoms with Crippen LogP contribution in [0.4, 0.5) is 10.7 Å². The Morgan fingerprint density at radius 2 is 1.65 bits per heavy atom. The van der Waals surface area contributed by atoms with Crippen molar-refractivity contribution in [2.24, 2.45) is 0 Å². The highest BCUT2D eigenvalue weighted by molar-refractivity contribution is 7.80. The zero-order valence-electron chi connectivity index (χ0n) is 19.5. The number of rotatable bonds is 9. The molecule has 6 nitrogen and oxygen atoms in total. The standard InChI is InChI=1S/C26H28N2O4S2/c1-4-6-16-32-24(29)19-12-14-20(15-13-19)27-26(33)28-23-22(25(30)31-5-2)21(17(3)34-23)18-10-8-7-9-11-18/h7-15H,4-6,16H2,1-3H3,(H2,27,28,33). The van der Waals surface area contributed by atoms with Crippen molar-refractivity contribution in [1.82, 2.24) is 0 Å². The van der Waals surface area contributed by atoms with Gasteiger partial charge in [0.15, 0.2) is 5.11 Å². The minimum absolute atomic E-state index is 0.275. The van der Waals surface area contributed by atoms with E-state index in [1.807, 2.05) is 44.2 Å². The third kappa shape index (κ3) is 6.42. The monoisotopic (exact) mass is 496 g/mol. The molecule has 8 heteroatoms. The van der Waals surface area contributed by atoms with Crippen molar-refractivity contribution in [3.63, 3.8) is 0 Å². The van der Waals surface area contributed by atoms with Crippen LogP contribution in [0.1, 0.15) is 52.3 Å². The van der Waals surface area contributed by atoms with Gasteiger partial charge in [-0.2, -0.15) is 0 Å². The Morgan fingerprint density at radius 1 is 0.941 bits per heavy atom. The molecule has 0 aliphatic carbocycles. The number of unbranched alkanes of at least 4 members (excludes halogenated alkanes) is 1. The molecular formula is C26H28N2O4S2. The summed E-state index contributed by atoms with van der Waals surface area (Å²) < 4.78 is 10.6. The zero-order valence-corrected chi connectivity index (χ0v) is 21.1. The summed E-state index contributed by atoms with van der Waals surface area (Å²) in [6.07, 6.45) is 1.81. The predicted octanol–water partition coefficient (Wildman–Crippen LogP) is 6.67. The van der Waals surface area contributed by atoms with Crippen LogP contribution in [0.25, 0.3) is 11.1 Å². The molecule has 0 saturated carbocycles. The average Bonchev–Trinajstić information content (AvgIpc) is 3.15. The Balaban J connectivity index is 1.76. The number of anilines is 2. The van der Waals surface area contributed by atoms with E-state index >= 15 is 0 Å². The van der Waals surface area contributed by atoms with Gasteiger partial charge in [-0.05, 0) is 62.3 Å². The fraction of sp³-hybridized carbons (Fsp3) is 0.269. The van der Waals surface area contributed by atoms with Crippen molar-refractivity contribution in [2.75, 3.05) is 23.8 Å². The van der Waals surface area contributed by atoms with Crippen molar-refractivity contribution in [2.45, 2.75) is 33.6 Å². The molecule has 0 amide bonds. The van der Waals surface area contributed by atoms with Crippen molar-refractivity contribution in [3.05, 3.63) is 70.6 Å². The Hall–Kier alpha value is -3.23. The van der Waals surface area contributed by atoms with Crippen molar-refractivity contribution < 1.29 is 19.1 Å². The quantitative estimate of drug-likeness (QED) is 0.195. The van der Waals surface area contributed by atoms with E-state index in [9.17, 15) is 9.59 Å². The van der Waals surface area contributed by atoms with E-state index in [1.54, 1.807) is 31.2 Å². The van der Waals surface area contributed by atoms with Gasteiger partial charge in [-0.3, -0.25) is 0 Å². The molecule has 0 aliphatic heterocycles. The second-order valence-electron chi connectivity index (χ2n) is 7.47. The van der Waals surface area contributed by atoms with Gasteiger partial charge >= 0.3 is 11.9 Å². The van der Waals surface area contributed by atoms with E-state index in [0.29, 0.717) is 33.5 Å². The van der Waals surface area contributed by atoms with Gasteiger partial charge in [0, 0.05) is 16.1 Å². The highest BCUT2D eigenvalue weighted by Crippen LogP contribution is 2.40. The van der Waals surface area contributed by atoms with Crippen LogP contribution >= 0.6 is 23.6 Å². The second kappa shape index (κ2) is 12.3. The summed E-state index contributed by atoms with van der Waals surface area (Å²) in [6, 6.07) is 16.6. The van der Waals surface area contributed by atoms with Crippen molar-refractivity contribution in [3.8, 4) is 11.1 Å². The summed E-state index contributed by atoms with van der Waals surface area (Å²) in [6.45, 7) is 6.48. The first kappa shape index (κ1) is 25.4. The zero-order chi connectivity index (χ0) is 24.5. The van der Waals surface area contributed by atoms with E-state index in [0.717, 1.165) is 28.8 Å². The number of benzene rings is 2. The Labute approximate surface area is 209 Å². The second-order valence-corrected chi connectivity index (χ2v) is 9.10. The first-order chi connectivity index (χ1) is 16.4. The molecule has 3 rings (SSSR count). The fourth-order valence-electron chi connectivity index (χ4n) is 3.33. The summed E-state index contributed by atoms with van der Waals surface area (Å²) in [5, 5.41) is 7.18. The smallest absolute Gasteiger partial charge is 0.341 e. The topological polar surface area (TPSA) is 76.7 Å². The lowest BCUT2D eigenvalue weighted by Crippen LogP contribution is -2.20. The molecule has 2 N–H and O–H groups in total. The molecule has 2 aromatic carbocycles. The molecule has 34 heavy (non-hydrogen) atoms. The number of hydrogen-bond donors (Lipinski definition) is 2. The Kier molecular flexibility index (Phi) is 9.18. The minimum Gasteiger partial charge on any atom is -0.462 e. The Bertz CT molecular complexity index is 1140. The number of carbonyl (C=O) groups excluding carboxylic acids is 2. The van der Waals surface area contributed by atoms with Gasteiger partial charge in [0.25, 0.3) is 0 Å². The highest BCUT2D eigenvalue weighted by Gasteiger charge is 2.25. The van der Waals surface area contributed by atoms with E-state index in [-0.39, 0.29) is 12.6 Å². The first-order valence-electron chi connectivity index (χ1n) is 11.2. The van der Waals surface area contributed by atoms with Crippen LogP contribution in [0.15, 0.2) is 54.6 Å². The molecule has 1 heterocycles. The van der Waals surface area contributed by atoms with Gasteiger partial charge in [0.1, 0.15) is 10.6 Å². The number of thiocarbonyl (C=S) groups is 1. The summed E-state index contributed by atoms with van der Waals surface area (Å²) in [7, 11) is 0. The third-order valence-corrected chi connectivity index (χ3v) is 6.19. The van der Waals surface area contributed by atoms with Crippen molar-refractivity contribution in [1.29, 1.82) is 0 Å². The van der Waals surface area contributed by atoms with Crippen LogP contribution < -0.4 is 10.6 Å². The molecule has 1 aromatic heterocycles. The molecule has 0 unspecified atom stereocenters. The lowest BCUT2D eigenvalue weighted by Gasteiger charge is -2.12. The molecule has 0 fully saturated rings. The lowest BCUT2D eigenvalue weighted by atomic mass is 10.0. The van der Waals surface area contributed by atoms with E-state index in [2.05, 4.69) is 10.6 Å².